The molecule has 12 heavy (non-hydrogen) atoms. The molecule has 72 valence electrons. The van der Waals surface area contributed by atoms with Crippen molar-refractivity contribution in [1.82, 2.24) is 0 Å². The smallest absolute Gasteiger partial charge is 0.0837 e. The fourth-order valence-electron chi connectivity index (χ4n) is 1.65. The molecule has 1 aliphatic rings. The van der Waals surface area contributed by atoms with Crippen LogP contribution in [0.3, 0.4) is 0 Å². The molecule has 0 unspecified atom stereocenters. The Morgan fingerprint density at radius 3 is 2.00 bits per heavy atom. The van der Waals surface area contributed by atoms with E-state index in [0.29, 0.717) is 12.8 Å². The number of ether oxygens (including phenoxy) is 1. The van der Waals surface area contributed by atoms with Crippen LogP contribution in [-0.2, 0) is 4.74 Å². The van der Waals surface area contributed by atoms with E-state index in [4.69, 9.17) is 14.9 Å². The van der Waals surface area contributed by atoms with Crippen LogP contribution in [0.1, 0.15) is 19.8 Å². The molecule has 0 amide bonds. The summed E-state index contributed by atoms with van der Waals surface area (Å²) in [5, 5.41) is 27.3. The summed E-state index contributed by atoms with van der Waals surface area (Å²) in [5.74, 6) is 0. The molecule has 0 saturated carbocycles. The van der Waals surface area contributed by atoms with E-state index in [-0.39, 0.29) is 25.4 Å². The Morgan fingerprint density at radius 2 is 1.67 bits per heavy atom. The van der Waals surface area contributed by atoms with Gasteiger partial charge in [-0.1, -0.05) is 0 Å². The zero-order chi connectivity index (χ0) is 9.19. The van der Waals surface area contributed by atoms with Crippen molar-refractivity contribution in [3.05, 3.63) is 0 Å². The summed E-state index contributed by atoms with van der Waals surface area (Å²) in [4.78, 5) is 0. The predicted molar refractivity (Wildman–Crippen MR) is 42.7 cm³/mol. The largest absolute Gasteiger partial charge is 0.394 e. The Kier molecular flexibility index (Phi) is 3.06. The summed E-state index contributed by atoms with van der Waals surface area (Å²) >= 11 is 0. The highest BCUT2D eigenvalue weighted by Gasteiger charge is 2.35. The average molecular weight is 176 g/mol. The summed E-state index contributed by atoms with van der Waals surface area (Å²) in [6.45, 7) is 1.49. The Balaban J connectivity index is 2.53. The molecule has 0 aromatic carbocycles. The number of aliphatic hydroxyl groups excluding tert-OH is 2. The Morgan fingerprint density at radius 1 is 1.25 bits per heavy atom. The van der Waals surface area contributed by atoms with Gasteiger partial charge in [-0.25, -0.2) is 0 Å². The Labute approximate surface area is 71.8 Å². The summed E-state index contributed by atoms with van der Waals surface area (Å²) in [5.41, 5.74) is -0.820. The van der Waals surface area contributed by atoms with Crippen molar-refractivity contribution in [3.63, 3.8) is 0 Å². The summed E-state index contributed by atoms with van der Waals surface area (Å²) in [6.07, 6.45) is 0.178. The molecule has 1 rings (SSSR count). The minimum Gasteiger partial charge on any atom is -0.394 e. The van der Waals surface area contributed by atoms with Crippen molar-refractivity contribution in [2.24, 2.45) is 0 Å². The van der Waals surface area contributed by atoms with Crippen molar-refractivity contribution >= 4 is 0 Å². The molecular formula is C8H16O4. The lowest BCUT2D eigenvalue weighted by molar-refractivity contribution is -0.158. The molecule has 1 aliphatic heterocycles. The molecule has 0 aromatic heterocycles. The minimum atomic E-state index is -0.820. The van der Waals surface area contributed by atoms with Crippen LogP contribution in [0.4, 0.5) is 0 Å². The maximum atomic E-state index is 9.68. The quantitative estimate of drug-likeness (QED) is 0.519. The van der Waals surface area contributed by atoms with Gasteiger partial charge in [-0.3, -0.25) is 0 Å². The maximum Gasteiger partial charge on any atom is 0.0837 e. The highest BCUT2D eigenvalue weighted by atomic mass is 16.5. The second-order valence-electron chi connectivity index (χ2n) is 3.65. The average Bonchev–Trinajstić information content (AvgIpc) is 2.01. The third-order valence-electron chi connectivity index (χ3n) is 2.13. The second kappa shape index (κ2) is 3.70. The van der Waals surface area contributed by atoms with Gasteiger partial charge in [0.2, 0.25) is 0 Å². The van der Waals surface area contributed by atoms with Crippen LogP contribution in [0, 0.1) is 0 Å². The normalized spacial score (nSPS) is 43.0. The van der Waals surface area contributed by atoms with Crippen molar-refractivity contribution in [2.75, 3.05) is 13.2 Å². The Bertz CT molecular complexity index is 132. The molecule has 3 N–H and O–H groups in total. The van der Waals surface area contributed by atoms with Gasteiger partial charge in [-0.2, -0.15) is 0 Å². The number of aliphatic hydroxyl groups is 3. The van der Waals surface area contributed by atoms with Crippen molar-refractivity contribution in [2.45, 2.75) is 37.6 Å². The predicted octanol–water partition coefficient (Wildman–Crippen LogP) is -0.730. The van der Waals surface area contributed by atoms with Crippen LogP contribution in [0.15, 0.2) is 0 Å². The van der Waals surface area contributed by atoms with Crippen LogP contribution in [0.2, 0.25) is 0 Å². The van der Waals surface area contributed by atoms with Gasteiger partial charge in [0.25, 0.3) is 0 Å². The van der Waals surface area contributed by atoms with Gasteiger partial charge < -0.3 is 20.1 Å². The molecule has 1 saturated heterocycles. The SMILES string of the molecule is CC1(O)C[C@H](CO)O[C@@H](CO)C1. The summed E-state index contributed by atoms with van der Waals surface area (Å²) in [7, 11) is 0. The van der Waals surface area contributed by atoms with Gasteiger partial charge in [-0.05, 0) is 6.92 Å². The first-order valence-corrected chi connectivity index (χ1v) is 4.17. The van der Waals surface area contributed by atoms with Crippen molar-refractivity contribution in [1.29, 1.82) is 0 Å². The topological polar surface area (TPSA) is 69.9 Å². The highest BCUT2D eigenvalue weighted by Crippen LogP contribution is 2.27. The minimum absolute atomic E-state index is 0.105. The van der Waals surface area contributed by atoms with Crippen molar-refractivity contribution < 1.29 is 20.1 Å². The van der Waals surface area contributed by atoms with E-state index in [2.05, 4.69) is 0 Å². The van der Waals surface area contributed by atoms with Gasteiger partial charge in [0.15, 0.2) is 0 Å². The van der Waals surface area contributed by atoms with Gasteiger partial charge in [-0.15, -0.1) is 0 Å². The van der Waals surface area contributed by atoms with Gasteiger partial charge in [0, 0.05) is 12.8 Å². The van der Waals surface area contributed by atoms with Crippen LogP contribution in [-0.4, -0.2) is 46.3 Å². The maximum absolute atomic E-state index is 9.68. The van der Waals surface area contributed by atoms with Gasteiger partial charge >= 0.3 is 0 Å². The van der Waals surface area contributed by atoms with E-state index in [1.54, 1.807) is 6.92 Å². The Hall–Kier alpha value is -0.160. The first-order valence-electron chi connectivity index (χ1n) is 4.17. The van der Waals surface area contributed by atoms with Crippen LogP contribution in [0.25, 0.3) is 0 Å². The van der Waals surface area contributed by atoms with E-state index in [1.165, 1.54) is 0 Å². The van der Waals surface area contributed by atoms with E-state index in [0.717, 1.165) is 0 Å². The summed E-state index contributed by atoms with van der Waals surface area (Å²) < 4.78 is 5.26. The molecule has 1 heterocycles. The number of hydrogen-bond acceptors (Lipinski definition) is 4. The lowest BCUT2D eigenvalue weighted by Crippen LogP contribution is -2.45. The van der Waals surface area contributed by atoms with E-state index in [9.17, 15) is 5.11 Å². The molecule has 0 aromatic rings. The lowest BCUT2D eigenvalue weighted by atomic mass is 9.89. The molecule has 0 spiro atoms. The van der Waals surface area contributed by atoms with Gasteiger partial charge in [0.05, 0.1) is 31.0 Å². The molecule has 0 aliphatic carbocycles. The molecule has 0 bridgehead atoms. The zero-order valence-corrected chi connectivity index (χ0v) is 7.23. The first kappa shape index (κ1) is 9.92. The first-order chi connectivity index (χ1) is 5.57. The van der Waals surface area contributed by atoms with E-state index >= 15 is 0 Å². The summed E-state index contributed by atoms with van der Waals surface area (Å²) in [6, 6.07) is 0. The molecule has 4 heteroatoms. The standard InChI is InChI=1S/C8H16O4/c1-8(11)2-6(4-9)12-7(3-8)5-10/h6-7,9-11H,2-5H2,1H3/t6-,7-/m1/s1. The van der Waals surface area contributed by atoms with E-state index < -0.39 is 5.60 Å². The fraction of sp³-hybridized carbons (Fsp3) is 1.00. The fourth-order valence-corrected chi connectivity index (χ4v) is 1.65. The van der Waals surface area contributed by atoms with Crippen molar-refractivity contribution in [3.8, 4) is 0 Å². The number of hydrogen-bond donors (Lipinski definition) is 3. The molecular weight excluding hydrogens is 160 g/mol. The number of rotatable bonds is 2. The zero-order valence-electron chi connectivity index (χ0n) is 7.23. The monoisotopic (exact) mass is 176 g/mol. The molecule has 4 nitrogen and oxygen atoms in total. The van der Waals surface area contributed by atoms with Gasteiger partial charge in [0.1, 0.15) is 0 Å². The third-order valence-corrected chi connectivity index (χ3v) is 2.13. The lowest BCUT2D eigenvalue weighted by Gasteiger charge is -2.37. The van der Waals surface area contributed by atoms with Crippen LogP contribution >= 0.6 is 0 Å². The highest BCUT2D eigenvalue weighted by molar-refractivity contribution is 4.85. The third kappa shape index (κ3) is 2.42. The van der Waals surface area contributed by atoms with E-state index in [1.807, 2.05) is 0 Å². The van der Waals surface area contributed by atoms with Crippen LogP contribution < -0.4 is 0 Å². The van der Waals surface area contributed by atoms with Crippen LogP contribution in [0.5, 0.6) is 0 Å². The molecule has 0 radical (unpaired) electrons. The molecule has 1 fully saturated rings. The molecule has 2 atom stereocenters. The second-order valence-corrected chi connectivity index (χ2v) is 3.65.